The van der Waals surface area contributed by atoms with Crippen molar-refractivity contribution in [2.75, 3.05) is 37.5 Å². The number of nitrogen functional groups attached to an aromatic ring is 1. The molecule has 1 aliphatic rings. The van der Waals surface area contributed by atoms with Crippen LogP contribution in [0.4, 0.5) is 11.4 Å². The Bertz CT molecular complexity index is 404. The fourth-order valence-corrected chi connectivity index (χ4v) is 2.22. The lowest BCUT2D eigenvalue weighted by molar-refractivity contribution is 0.0644. The number of nitrogens with two attached hydrogens (primary N) is 1. The van der Waals surface area contributed by atoms with Gasteiger partial charge in [-0.15, -0.1) is 0 Å². The van der Waals surface area contributed by atoms with E-state index in [2.05, 4.69) is 18.7 Å². The van der Waals surface area contributed by atoms with E-state index in [0.29, 0.717) is 0 Å². The topological polar surface area (TPSA) is 47.7 Å². The van der Waals surface area contributed by atoms with Gasteiger partial charge in [-0.25, -0.2) is 0 Å². The maximum absolute atomic E-state index is 5.89. The van der Waals surface area contributed by atoms with E-state index in [1.165, 1.54) is 0 Å². The number of rotatable bonds is 2. The molecule has 0 amide bonds. The molecule has 1 aromatic rings. The number of anilines is 2. The van der Waals surface area contributed by atoms with Crippen LogP contribution in [0.5, 0.6) is 5.75 Å². The van der Waals surface area contributed by atoms with Gasteiger partial charge in [-0.3, -0.25) is 0 Å². The Hall–Kier alpha value is -1.42. The van der Waals surface area contributed by atoms with Crippen LogP contribution in [0, 0.1) is 0 Å². The Kier molecular flexibility index (Phi) is 3.15. The molecule has 1 aliphatic heterocycles. The first-order valence-corrected chi connectivity index (χ1v) is 5.83. The van der Waals surface area contributed by atoms with Crippen LogP contribution in [-0.4, -0.2) is 32.4 Å². The zero-order valence-corrected chi connectivity index (χ0v) is 10.7. The van der Waals surface area contributed by atoms with Crippen molar-refractivity contribution in [3.05, 3.63) is 18.2 Å². The van der Waals surface area contributed by atoms with Gasteiger partial charge < -0.3 is 20.1 Å². The minimum absolute atomic E-state index is 0.0168. The highest BCUT2D eigenvalue weighted by Crippen LogP contribution is 2.31. The van der Waals surface area contributed by atoms with E-state index in [1.807, 2.05) is 18.2 Å². The van der Waals surface area contributed by atoms with E-state index in [1.54, 1.807) is 7.11 Å². The van der Waals surface area contributed by atoms with E-state index in [9.17, 15) is 0 Å². The highest BCUT2D eigenvalue weighted by atomic mass is 16.5. The lowest BCUT2D eigenvalue weighted by Gasteiger charge is -2.44. The molecular formula is C13H20N2O2. The summed E-state index contributed by atoms with van der Waals surface area (Å²) in [5.74, 6) is 0.794. The van der Waals surface area contributed by atoms with E-state index in [0.717, 1.165) is 36.9 Å². The molecule has 0 saturated carbocycles. The third-order valence-electron chi connectivity index (χ3n) is 3.11. The lowest BCUT2D eigenvalue weighted by Crippen LogP contribution is -2.53. The summed E-state index contributed by atoms with van der Waals surface area (Å²) in [6, 6.07) is 5.83. The molecule has 0 bridgehead atoms. The Morgan fingerprint density at radius 1 is 1.35 bits per heavy atom. The first kappa shape index (κ1) is 12.0. The van der Waals surface area contributed by atoms with Crippen LogP contribution in [0.2, 0.25) is 0 Å². The van der Waals surface area contributed by atoms with Crippen LogP contribution in [0.25, 0.3) is 0 Å². The van der Waals surface area contributed by atoms with Crippen molar-refractivity contribution < 1.29 is 9.47 Å². The van der Waals surface area contributed by atoms with Crippen molar-refractivity contribution in [1.29, 1.82) is 0 Å². The van der Waals surface area contributed by atoms with Crippen LogP contribution in [0.1, 0.15) is 13.8 Å². The monoisotopic (exact) mass is 236 g/mol. The van der Waals surface area contributed by atoms with Gasteiger partial charge in [0.25, 0.3) is 0 Å². The molecule has 1 heterocycles. The summed E-state index contributed by atoms with van der Waals surface area (Å²) >= 11 is 0. The van der Waals surface area contributed by atoms with E-state index < -0.39 is 0 Å². The van der Waals surface area contributed by atoms with E-state index in [-0.39, 0.29) is 5.54 Å². The Morgan fingerprint density at radius 2 is 2.12 bits per heavy atom. The van der Waals surface area contributed by atoms with Crippen LogP contribution < -0.4 is 15.4 Å². The molecule has 0 atom stereocenters. The average Bonchev–Trinajstić information content (AvgIpc) is 2.27. The summed E-state index contributed by atoms with van der Waals surface area (Å²) in [5.41, 5.74) is 7.69. The lowest BCUT2D eigenvalue weighted by atomic mass is 10.0. The number of methoxy groups -OCH3 is 1. The second-order valence-corrected chi connectivity index (χ2v) is 4.98. The smallest absolute Gasteiger partial charge is 0.122 e. The van der Waals surface area contributed by atoms with Gasteiger partial charge in [0.15, 0.2) is 0 Å². The number of ether oxygens (including phenoxy) is 2. The average molecular weight is 236 g/mol. The minimum Gasteiger partial charge on any atom is -0.497 e. The molecule has 1 saturated heterocycles. The molecule has 0 spiro atoms. The van der Waals surface area contributed by atoms with Crippen LogP contribution in [0.15, 0.2) is 18.2 Å². The maximum atomic E-state index is 5.89. The molecule has 1 fully saturated rings. The van der Waals surface area contributed by atoms with Gasteiger partial charge in [-0.2, -0.15) is 0 Å². The third kappa shape index (κ3) is 2.47. The zero-order chi connectivity index (χ0) is 12.5. The first-order valence-electron chi connectivity index (χ1n) is 5.83. The van der Waals surface area contributed by atoms with Gasteiger partial charge in [0.05, 0.1) is 25.9 Å². The standard InChI is InChI=1S/C13H20N2O2/c1-13(2)9-17-5-4-15(13)11-6-10(14)7-12(8-11)16-3/h6-8H,4-5,9,14H2,1-3H3. The number of benzene rings is 1. The number of nitrogens with zero attached hydrogens (tertiary/aromatic N) is 1. The Morgan fingerprint density at radius 3 is 2.76 bits per heavy atom. The first-order chi connectivity index (χ1) is 8.03. The van der Waals surface area contributed by atoms with Crippen LogP contribution in [-0.2, 0) is 4.74 Å². The van der Waals surface area contributed by atoms with Crippen molar-refractivity contribution in [2.24, 2.45) is 0 Å². The molecule has 2 rings (SSSR count). The van der Waals surface area contributed by atoms with E-state index in [4.69, 9.17) is 15.2 Å². The predicted octanol–water partition coefficient (Wildman–Crippen LogP) is 1.89. The fourth-order valence-electron chi connectivity index (χ4n) is 2.22. The third-order valence-corrected chi connectivity index (χ3v) is 3.11. The maximum Gasteiger partial charge on any atom is 0.122 e. The highest BCUT2D eigenvalue weighted by Gasteiger charge is 2.30. The Balaban J connectivity index is 2.35. The summed E-state index contributed by atoms with van der Waals surface area (Å²) in [4.78, 5) is 2.31. The van der Waals surface area contributed by atoms with Gasteiger partial charge >= 0.3 is 0 Å². The normalized spacial score (nSPS) is 19.1. The van der Waals surface area contributed by atoms with Gasteiger partial charge in [-0.1, -0.05) is 0 Å². The molecule has 17 heavy (non-hydrogen) atoms. The highest BCUT2D eigenvalue weighted by molar-refractivity contribution is 5.61. The van der Waals surface area contributed by atoms with E-state index >= 15 is 0 Å². The molecule has 4 nitrogen and oxygen atoms in total. The molecule has 0 unspecified atom stereocenters. The van der Waals surface area contributed by atoms with Crippen molar-refractivity contribution in [3.63, 3.8) is 0 Å². The summed E-state index contributed by atoms with van der Waals surface area (Å²) in [5, 5.41) is 0. The van der Waals surface area contributed by atoms with Gasteiger partial charge in [0.2, 0.25) is 0 Å². The SMILES string of the molecule is COc1cc(N)cc(N2CCOCC2(C)C)c1. The summed E-state index contributed by atoms with van der Waals surface area (Å²) < 4.78 is 10.8. The molecule has 94 valence electrons. The van der Waals surface area contributed by atoms with Crippen molar-refractivity contribution in [1.82, 2.24) is 0 Å². The molecule has 0 aromatic heterocycles. The molecule has 1 aromatic carbocycles. The number of hydrogen-bond donors (Lipinski definition) is 1. The van der Waals surface area contributed by atoms with Gasteiger partial charge in [-0.05, 0) is 19.9 Å². The second-order valence-electron chi connectivity index (χ2n) is 4.98. The summed E-state index contributed by atoms with van der Waals surface area (Å²) in [6.07, 6.45) is 0. The molecule has 2 N–H and O–H groups in total. The largest absolute Gasteiger partial charge is 0.497 e. The predicted molar refractivity (Wildman–Crippen MR) is 69.7 cm³/mol. The number of morpholine rings is 1. The minimum atomic E-state index is -0.0168. The zero-order valence-electron chi connectivity index (χ0n) is 10.7. The second kappa shape index (κ2) is 4.45. The van der Waals surface area contributed by atoms with Crippen LogP contribution >= 0.6 is 0 Å². The molecule has 0 radical (unpaired) electrons. The molecule has 0 aliphatic carbocycles. The summed E-state index contributed by atoms with van der Waals surface area (Å²) in [7, 11) is 1.66. The quantitative estimate of drug-likeness (QED) is 0.797. The summed E-state index contributed by atoms with van der Waals surface area (Å²) in [6.45, 7) is 6.69. The van der Waals surface area contributed by atoms with Gasteiger partial charge in [0.1, 0.15) is 5.75 Å². The van der Waals surface area contributed by atoms with Gasteiger partial charge in [0, 0.05) is 30.1 Å². The fraction of sp³-hybridized carbons (Fsp3) is 0.538. The van der Waals surface area contributed by atoms with Crippen molar-refractivity contribution in [3.8, 4) is 5.75 Å². The van der Waals surface area contributed by atoms with Crippen LogP contribution in [0.3, 0.4) is 0 Å². The molecule has 4 heteroatoms. The Labute approximate surface area is 102 Å². The van der Waals surface area contributed by atoms with Crippen molar-refractivity contribution in [2.45, 2.75) is 19.4 Å². The van der Waals surface area contributed by atoms with Crippen molar-refractivity contribution >= 4 is 11.4 Å². The number of hydrogen-bond acceptors (Lipinski definition) is 4. The molecular weight excluding hydrogens is 216 g/mol.